The normalized spacial score (nSPS) is 11.5. The largest absolute Gasteiger partial charge is 0.452 e. The summed E-state index contributed by atoms with van der Waals surface area (Å²) in [7, 11) is 0. The molecule has 1 heterocycles. The van der Waals surface area contributed by atoms with Crippen molar-refractivity contribution in [3.8, 4) is 0 Å². The van der Waals surface area contributed by atoms with E-state index in [0.717, 1.165) is 23.2 Å². The van der Waals surface area contributed by atoms with Gasteiger partial charge in [-0.05, 0) is 37.1 Å². The molecular weight excluding hydrogens is 439 g/mol. The molecule has 0 atom stereocenters. The molecule has 33 heavy (non-hydrogen) atoms. The molecule has 0 aliphatic heterocycles. The van der Waals surface area contributed by atoms with Gasteiger partial charge in [0.2, 0.25) is 0 Å². The SMILES string of the molecule is CCc1noc(C)c1C(=O)OCC(=O)N(N=Cc1ccccc1)c1cccc(C(F)(F)F)c1. The molecule has 1 amide bonds. The van der Waals surface area contributed by atoms with E-state index in [1.807, 2.05) is 0 Å². The molecule has 0 unspecified atom stereocenters. The van der Waals surface area contributed by atoms with Crippen molar-refractivity contribution in [2.24, 2.45) is 5.10 Å². The Morgan fingerprint density at radius 2 is 1.88 bits per heavy atom. The number of nitrogens with zero attached hydrogens (tertiary/aromatic N) is 3. The minimum absolute atomic E-state index is 0.115. The molecule has 0 aliphatic carbocycles. The van der Waals surface area contributed by atoms with Crippen LogP contribution in [0, 0.1) is 6.92 Å². The lowest BCUT2D eigenvalue weighted by molar-refractivity contribution is -0.137. The highest BCUT2D eigenvalue weighted by Crippen LogP contribution is 2.31. The van der Waals surface area contributed by atoms with Gasteiger partial charge in [-0.3, -0.25) is 4.79 Å². The van der Waals surface area contributed by atoms with Gasteiger partial charge in [0, 0.05) is 0 Å². The number of aryl methyl sites for hydroxylation is 2. The fourth-order valence-corrected chi connectivity index (χ4v) is 2.93. The summed E-state index contributed by atoms with van der Waals surface area (Å²) in [6.45, 7) is 2.55. The van der Waals surface area contributed by atoms with E-state index in [4.69, 9.17) is 9.26 Å². The molecule has 0 spiro atoms. The number of carbonyl (C=O) groups is 2. The number of amides is 1. The highest BCUT2D eigenvalue weighted by atomic mass is 19.4. The monoisotopic (exact) mass is 459 g/mol. The van der Waals surface area contributed by atoms with Gasteiger partial charge in [-0.1, -0.05) is 48.5 Å². The van der Waals surface area contributed by atoms with Gasteiger partial charge in [0.05, 0.1) is 23.2 Å². The van der Waals surface area contributed by atoms with Crippen LogP contribution in [0.2, 0.25) is 0 Å². The lowest BCUT2D eigenvalue weighted by atomic mass is 10.1. The number of ether oxygens (including phenoxy) is 1. The van der Waals surface area contributed by atoms with E-state index in [1.54, 1.807) is 37.3 Å². The maximum Gasteiger partial charge on any atom is 0.416 e. The van der Waals surface area contributed by atoms with Crippen LogP contribution < -0.4 is 5.01 Å². The molecule has 0 saturated heterocycles. The first-order valence-electron chi connectivity index (χ1n) is 9.92. The third kappa shape index (κ3) is 5.85. The zero-order valence-corrected chi connectivity index (χ0v) is 17.8. The Hall–Kier alpha value is -3.95. The summed E-state index contributed by atoms with van der Waals surface area (Å²) in [5.41, 5.74) is 0.0308. The van der Waals surface area contributed by atoms with Gasteiger partial charge in [0.25, 0.3) is 5.91 Å². The van der Waals surface area contributed by atoms with Crippen molar-refractivity contribution in [3.63, 3.8) is 0 Å². The molecular formula is C23H20F3N3O4. The Morgan fingerprint density at radius 3 is 2.55 bits per heavy atom. The molecule has 2 aromatic carbocycles. The minimum Gasteiger partial charge on any atom is -0.452 e. The van der Waals surface area contributed by atoms with Crippen molar-refractivity contribution >= 4 is 23.8 Å². The van der Waals surface area contributed by atoms with Gasteiger partial charge in [0.1, 0.15) is 11.3 Å². The van der Waals surface area contributed by atoms with E-state index in [-0.39, 0.29) is 17.0 Å². The summed E-state index contributed by atoms with van der Waals surface area (Å²) in [5, 5.41) is 8.57. The van der Waals surface area contributed by atoms with E-state index in [0.29, 0.717) is 17.7 Å². The number of alkyl halides is 3. The fourth-order valence-electron chi connectivity index (χ4n) is 2.93. The van der Waals surface area contributed by atoms with Crippen molar-refractivity contribution in [1.29, 1.82) is 0 Å². The molecule has 172 valence electrons. The maximum atomic E-state index is 13.2. The van der Waals surface area contributed by atoms with E-state index in [2.05, 4.69) is 10.3 Å². The Balaban J connectivity index is 1.86. The summed E-state index contributed by atoms with van der Waals surface area (Å²) < 4.78 is 49.6. The van der Waals surface area contributed by atoms with Crippen molar-refractivity contribution in [2.75, 3.05) is 11.6 Å². The van der Waals surface area contributed by atoms with Crippen molar-refractivity contribution in [1.82, 2.24) is 5.16 Å². The smallest absolute Gasteiger partial charge is 0.416 e. The Kier molecular flexibility index (Phi) is 7.27. The molecule has 0 N–H and O–H groups in total. The first kappa shape index (κ1) is 23.7. The highest BCUT2D eigenvalue weighted by Gasteiger charge is 2.31. The predicted molar refractivity (Wildman–Crippen MR) is 114 cm³/mol. The van der Waals surface area contributed by atoms with Crippen molar-refractivity contribution in [2.45, 2.75) is 26.4 Å². The van der Waals surface area contributed by atoms with E-state index in [1.165, 1.54) is 19.2 Å². The van der Waals surface area contributed by atoms with Gasteiger partial charge >= 0.3 is 12.1 Å². The zero-order valence-electron chi connectivity index (χ0n) is 17.8. The third-order valence-corrected chi connectivity index (χ3v) is 4.58. The quantitative estimate of drug-likeness (QED) is 0.288. The Labute approximate surface area is 187 Å². The lowest BCUT2D eigenvalue weighted by Crippen LogP contribution is -2.31. The number of esters is 1. The van der Waals surface area contributed by atoms with Crippen LogP contribution >= 0.6 is 0 Å². The molecule has 3 aromatic rings. The molecule has 3 rings (SSSR count). The molecule has 0 saturated carbocycles. The molecule has 10 heteroatoms. The van der Waals surface area contributed by atoms with E-state index < -0.39 is 30.2 Å². The van der Waals surface area contributed by atoms with Crippen LogP contribution in [0.1, 0.15) is 39.9 Å². The number of anilines is 1. The molecule has 7 nitrogen and oxygen atoms in total. The number of benzene rings is 2. The van der Waals surface area contributed by atoms with Gasteiger partial charge in [-0.25, -0.2) is 4.79 Å². The number of carbonyl (C=O) groups excluding carboxylic acids is 2. The maximum absolute atomic E-state index is 13.2. The number of hydrazone groups is 1. The fraction of sp³-hybridized carbons (Fsp3) is 0.217. The average Bonchev–Trinajstić information content (AvgIpc) is 3.18. The number of aromatic nitrogens is 1. The van der Waals surface area contributed by atoms with Gasteiger partial charge in [-0.15, -0.1) is 0 Å². The standard InChI is InChI=1S/C23H20F3N3O4/c1-3-19-21(15(2)33-28-19)22(31)32-14-20(30)29(27-13-16-8-5-4-6-9-16)18-11-7-10-17(12-18)23(24,25)26/h4-13H,3,14H2,1-2H3. The molecule has 0 fully saturated rings. The summed E-state index contributed by atoms with van der Waals surface area (Å²) >= 11 is 0. The molecule has 0 radical (unpaired) electrons. The average molecular weight is 459 g/mol. The first-order valence-corrected chi connectivity index (χ1v) is 9.92. The number of halogens is 3. The second kappa shape index (κ2) is 10.1. The summed E-state index contributed by atoms with van der Waals surface area (Å²) in [6, 6.07) is 12.8. The second-order valence-corrected chi connectivity index (χ2v) is 6.90. The van der Waals surface area contributed by atoms with Crippen LogP contribution in [0.15, 0.2) is 64.2 Å². The zero-order chi connectivity index (χ0) is 24.0. The van der Waals surface area contributed by atoms with Crippen molar-refractivity contribution < 1.29 is 32.0 Å². The summed E-state index contributed by atoms with van der Waals surface area (Å²) in [4.78, 5) is 25.3. The van der Waals surface area contributed by atoms with E-state index in [9.17, 15) is 22.8 Å². The summed E-state index contributed by atoms with van der Waals surface area (Å²) in [5.74, 6) is -1.43. The Morgan fingerprint density at radius 1 is 1.15 bits per heavy atom. The lowest BCUT2D eigenvalue weighted by Gasteiger charge is -2.18. The number of rotatable bonds is 7. The second-order valence-electron chi connectivity index (χ2n) is 6.90. The van der Waals surface area contributed by atoms with Crippen LogP contribution in [0.25, 0.3) is 0 Å². The van der Waals surface area contributed by atoms with Gasteiger partial charge in [-0.2, -0.15) is 23.3 Å². The molecule has 0 aliphatic rings. The molecule has 0 bridgehead atoms. The van der Waals surface area contributed by atoms with Crippen LogP contribution in [-0.4, -0.2) is 29.9 Å². The minimum atomic E-state index is -4.61. The van der Waals surface area contributed by atoms with Crippen molar-refractivity contribution in [3.05, 3.63) is 82.7 Å². The summed E-state index contributed by atoms with van der Waals surface area (Å²) in [6.07, 6.45) is -2.88. The number of hydrogen-bond donors (Lipinski definition) is 0. The van der Waals surface area contributed by atoms with Gasteiger partial charge < -0.3 is 9.26 Å². The topological polar surface area (TPSA) is 85.0 Å². The Bertz CT molecular complexity index is 1160. The van der Waals surface area contributed by atoms with Crippen LogP contribution in [0.5, 0.6) is 0 Å². The van der Waals surface area contributed by atoms with Gasteiger partial charge in [0.15, 0.2) is 6.61 Å². The highest BCUT2D eigenvalue weighted by molar-refractivity contribution is 5.98. The number of hydrogen-bond acceptors (Lipinski definition) is 6. The van der Waals surface area contributed by atoms with E-state index >= 15 is 0 Å². The van der Waals surface area contributed by atoms with Crippen LogP contribution in [0.4, 0.5) is 18.9 Å². The molecule has 1 aromatic heterocycles. The first-order chi connectivity index (χ1) is 15.7. The van der Waals surface area contributed by atoms with Crippen LogP contribution in [0.3, 0.4) is 0 Å². The third-order valence-electron chi connectivity index (χ3n) is 4.58. The van der Waals surface area contributed by atoms with Crippen LogP contribution in [-0.2, 0) is 22.1 Å². The predicted octanol–water partition coefficient (Wildman–Crippen LogP) is 4.79.